The molecule has 0 saturated carbocycles. The summed E-state index contributed by atoms with van der Waals surface area (Å²) < 4.78 is 0. The largest absolute Gasteiger partial charge is 0.353 e. The summed E-state index contributed by atoms with van der Waals surface area (Å²) in [5.41, 5.74) is 1.48. The molecule has 1 fully saturated rings. The molecule has 2 heteroatoms. The molecule has 0 aromatic heterocycles. The summed E-state index contributed by atoms with van der Waals surface area (Å²) in [4.78, 5) is 10.8. The minimum absolute atomic E-state index is 0.139. The van der Waals surface area contributed by atoms with Crippen LogP contribution in [-0.2, 0) is 10.2 Å². The van der Waals surface area contributed by atoms with Crippen LogP contribution in [0.3, 0.4) is 0 Å². The molecule has 1 aliphatic heterocycles. The molecule has 2 rings (SSSR count). The number of hydrogen-bond donors (Lipinski definition) is 1. The lowest BCUT2D eigenvalue weighted by molar-refractivity contribution is -0.128. The first kappa shape index (κ1) is 10.2. The third kappa shape index (κ3) is 2.20. The summed E-state index contributed by atoms with van der Waals surface area (Å²) in [6.07, 6.45) is 1.71. The minimum Gasteiger partial charge on any atom is -0.353 e. The maximum atomic E-state index is 10.8. The topological polar surface area (TPSA) is 29.1 Å². The summed E-state index contributed by atoms with van der Waals surface area (Å²) in [7, 11) is 0. The van der Waals surface area contributed by atoms with E-state index in [0.29, 0.717) is 12.5 Å². The lowest BCUT2D eigenvalue weighted by Gasteiger charge is -2.35. The van der Waals surface area contributed by atoms with Crippen molar-refractivity contribution in [2.75, 3.05) is 0 Å². The van der Waals surface area contributed by atoms with Crippen molar-refractivity contribution in [1.29, 1.82) is 0 Å². The van der Waals surface area contributed by atoms with E-state index in [1.807, 2.05) is 6.07 Å². The van der Waals surface area contributed by atoms with Crippen molar-refractivity contribution in [3.8, 4) is 0 Å². The van der Waals surface area contributed by atoms with Gasteiger partial charge in [-0.3, -0.25) is 4.79 Å². The van der Waals surface area contributed by atoms with Crippen molar-refractivity contribution >= 4 is 5.91 Å². The molecule has 0 bridgehead atoms. The molecule has 0 spiro atoms. The lowest BCUT2D eigenvalue weighted by atomic mass is 9.77. The van der Waals surface area contributed by atoms with E-state index in [4.69, 9.17) is 0 Å². The zero-order valence-electron chi connectivity index (χ0n) is 9.29. The average molecular weight is 203 g/mol. The first-order valence-electron chi connectivity index (χ1n) is 5.43. The Labute approximate surface area is 90.7 Å². The Balaban J connectivity index is 2.03. The Morgan fingerprint density at radius 2 is 1.93 bits per heavy atom. The van der Waals surface area contributed by atoms with E-state index in [9.17, 15) is 4.79 Å². The highest BCUT2D eigenvalue weighted by atomic mass is 16.2. The second kappa shape index (κ2) is 3.69. The van der Waals surface area contributed by atoms with Crippen molar-refractivity contribution in [3.05, 3.63) is 35.9 Å². The van der Waals surface area contributed by atoms with Crippen LogP contribution in [0.5, 0.6) is 0 Å². The van der Waals surface area contributed by atoms with Gasteiger partial charge in [0.2, 0.25) is 5.91 Å². The van der Waals surface area contributed by atoms with Gasteiger partial charge in [-0.2, -0.15) is 0 Å². The number of carbonyl (C=O) groups is 1. The molecular formula is C13H17NO. The molecule has 0 radical (unpaired) electrons. The number of nitrogens with one attached hydrogen (secondary N) is 1. The molecule has 80 valence electrons. The lowest BCUT2D eigenvalue weighted by Crippen LogP contribution is -2.50. The zero-order valence-corrected chi connectivity index (χ0v) is 9.29. The standard InChI is InChI=1S/C13H17NO/c1-13(2,9-11-8-12(15)14-11)10-6-4-3-5-7-10/h3-7,11H,8-9H2,1-2H3,(H,14,15)/t11-/m0/s1. The van der Waals surface area contributed by atoms with Gasteiger partial charge in [-0.25, -0.2) is 0 Å². The average Bonchev–Trinajstić information content (AvgIpc) is 2.17. The number of hydrogen-bond acceptors (Lipinski definition) is 1. The zero-order chi connectivity index (χ0) is 10.9. The molecule has 1 heterocycles. The Bertz CT molecular complexity index is 348. The van der Waals surface area contributed by atoms with Crippen molar-refractivity contribution in [1.82, 2.24) is 5.32 Å². The maximum absolute atomic E-state index is 10.8. The number of amides is 1. The van der Waals surface area contributed by atoms with E-state index < -0.39 is 0 Å². The van der Waals surface area contributed by atoms with Gasteiger partial charge in [-0.1, -0.05) is 44.2 Å². The smallest absolute Gasteiger partial charge is 0.222 e. The maximum Gasteiger partial charge on any atom is 0.222 e. The van der Waals surface area contributed by atoms with E-state index in [0.717, 1.165) is 6.42 Å². The van der Waals surface area contributed by atoms with Crippen LogP contribution in [-0.4, -0.2) is 11.9 Å². The quantitative estimate of drug-likeness (QED) is 0.750. The normalized spacial score (nSPS) is 20.7. The molecule has 1 N–H and O–H groups in total. The second-order valence-corrected chi connectivity index (χ2v) is 4.92. The number of β-lactam (4-membered cyclic amide) rings is 1. The fourth-order valence-corrected chi connectivity index (χ4v) is 2.18. The van der Waals surface area contributed by atoms with Gasteiger partial charge in [0.1, 0.15) is 0 Å². The molecule has 1 atom stereocenters. The fourth-order valence-electron chi connectivity index (χ4n) is 2.18. The Hall–Kier alpha value is -1.31. The van der Waals surface area contributed by atoms with Gasteiger partial charge in [-0.15, -0.1) is 0 Å². The van der Waals surface area contributed by atoms with Crippen molar-refractivity contribution < 1.29 is 4.79 Å². The number of benzene rings is 1. The summed E-state index contributed by atoms with van der Waals surface area (Å²) in [5.74, 6) is 0.184. The number of rotatable bonds is 3. The minimum atomic E-state index is 0.139. The van der Waals surface area contributed by atoms with E-state index in [1.165, 1.54) is 5.56 Å². The van der Waals surface area contributed by atoms with Gasteiger partial charge in [-0.05, 0) is 17.4 Å². The predicted octanol–water partition coefficient (Wildman–Crippen LogP) is 2.24. The Morgan fingerprint density at radius 1 is 1.33 bits per heavy atom. The molecule has 0 aliphatic carbocycles. The summed E-state index contributed by atoms with van der Waals surface area (Å²) >= 11 is 0. The van der Waals surface area contributed by atoms with Gasteiger partial charge in [0.25, 0.3) is 0 Å². The number of carbonyl (C=O) groups excluding carboxylic acids is 1. The third-order valence-corrected chi connectivity index (χ3v) is 3.11. The summed E-state index contributed by atoms with van der Waals surface area (Å²) in [6, 6.07) is 10.8. The highest BCUT2D eigenvalue weighted by Gasteiger charge is 2.32. The van der Waals surface area contributed by atoms with Crippen LogP contribution in [0.4, 0.5) is 0 Å². The molecule has 1 aliphatic rings. The van der Waals surface area contributed by atoms with Crippen molar-refractivity contribution in [2.24, 2.45) is 0 Å². The van der Waals surface area contributed by atoms with E-state index in [2.05, 4.69) is 43.4 Å². The monoisotopic (exact) mass is 203 g/mol. The summed E-state index contributed by atoms with van der Waals surface area (Å²) in [6.45, 7) is 4.46. The Morgan fingerprint density at radius 3 is 2.47 bits per heavy atom. The van der Waals surface area contributed by atoms with Gasteiger partial charge >= 0.3 is 0 Å². The van der Waals surface area contributed by atoms with Gasteiger partial charge < -0.3 is 5.32 Å². The van der Waals surface area contributed by atoms with E-state index in [1.54, 1.807) is 0 Å². The van der Waals surface area contributed by atoms with Crippen LogP contribution in [0.2, 0.25) is 0 Å². The van der Waals surface area contributed by atoms with Crippen molar-refractivity contribution in [3.63, 3.8) is 0 Å². The third-order valence-electron chi connectivity index (χ3n) is 3.11. The van der Waals surface area contributed by atoms with Crippen LogP contribution in [0.15, 0.2) is 30.3 Å². The van der Waals surface area contributed by atoms with E-state index in [-0.39, 0.29) is 11.3 Å². The molecule has 0 unspecified atom stereocenters. The van der Waals surface area contributed by atoms with Crippen LogP contribution in [0, 0.1) is 0 Å². The van der Waals surface area contributed by atoms with Crippen LogP contribution < -0.4 is 5.32 Å². The first-order valence-corrected chi connectivity index (χ1v) is 5.43. The molecule has 1 amide bonds. The highest BCUT2D eigenvalue weighted by molar-refractivity contribution is 5.82. The highest BCUT2D eigenvalue weighted by Crippen LogP contribution is 2.30. The molecule has 1 aromatic carbocycles. The van der Waals surface area contributed by atoms with Crippen LogP contribution in [0.25, 0.3) is 0 Å². The Kier molecular flexibility index (Phi) is 2.51. The van der Waals surface area contributed by atoms with Crippen molar-refractivity contribution in [2.45, 2.75) is 38.1 Å². The first-order chi connectivity index (χ1) is 7.08. The van der Waals surface area contributed by atoms with Crippen LogP contribution >= 0.6 is 0 Å². The van der Waals surface area contributed by atoms with Gasteiger partial charge in [0, 0.05) is 12.5 Å². The molecule has 1 saturated heterocycles. The van der Waals surface area contributed by atoms with E-state index >= 15 is 0 Å². The molecule has 2 nitrogen and oxygen atoms in total. The molecule has 15 heavy (non-hydrogen) atoms. The predicted molar refractivity (Wildman–Crippen MR) is 60.6 cm³/mol. The van der Waals surface area contributed by atoms with Gasteiger partial charge in [0.15, 0.2) is 0 Å². The van der Waals surface area contributed by atoms with Crippen LogP contribution in [0.1, 0.15) is 32.3 Å². The second-order valence-electron chi connectivity index (χ2n) is 4.92. The molecular weight excluding hydrogens is 186 g/mol. The fraction of sp³-hybridized carbons (Fsp3) is 0.462. The summed E-state index contributed by atoms with van der Waals surface area (Å²) in [5, 5.41) is 2.93. The SMILES string of the molecule is CC(C)(C[C@@H]1CC(=O)N1)c1ccccc1. The van der Waals surface area contributed by atoms with Gasteiger partial charge in [0.05, 0.1) is 0 Å². The molecule has 1 aromatic rings.